The predicted molar refractivity (Wildman–Crippen MR) is 229 cm³/mol. The Balaban J connectivity index is 4.36. The molecule has 0 aliphatic rings. The number of ether oxygens (including phenoxy) is 3. The first kappa shape index (κ1) is 51.9. The van der Waals surface area contributed by atoms with E-state index in [1.165, 1.54) is 135 Å². The molecule has 0 amide bonds. The number of carbonyl (C=O) groups is 3. The number of unbranched alkanes of at least 4 members (excludes halogenated alkanes) is 27. The van der Waals surface area contributed by atoms with Crippen LogP contribution < -0.4 is 0 Å². The summed E-state index contributed by atoms with van der Waals surface area (Å²) in [5, 5.41) is 0. The fourth-order valence-corrected chi connectivity index (χ4v) is 6.61. The number of hydrogen-bond acceptors (Lipinski definition) is 6. The summed E-state index contributed by atoms with van der Waals surface area (Å²) in [7, 11) is 0. The van der Waals surface area contributed by atoms with Crippen LogP contribution in [-0.2, 0) is 28.6 Å². The van der Waals surface area contributed by atoms with Crippen molar-refractivity contribution in [2.75, 3.05) is 13.2 Å². The van der Waals surface area contributed by atoms with Gasteiger partial charge in [0.2, 0.25) is 0 Å². The van der Waals surface area contributed by atoms with Crippen LogP contribution in [0.4, 0.5) is 0 Å². The van der Waals surface area contributed by atoms with Crippen LogP contribution in [0.5, 0.6) is 0 Å². The molecular weight excluding hydrogens is 673 g/mol. The van der Waals surface area contributed by atoms with Crippen molar-refractivity contribution >= 4 is 17.9 Å². The van der Waals surface area contributed by atoms with E-state index >= 15 is 0 Å². The molecule has 0 saturated heterocycles. The van der Waals surface area contributed by atoms with E-state index in [9.17, 15) is 14.4 Å². The zero-order chi connectivity index (χ0) is 39.4. The van der Waals surface area contributed by atoms with Crippen LogP contribution in [0.1, 0.15) is 245 Å². The van der Waals surface area contributed by atoms with E-state index < -0.39 is 6.10 Å². The minimum absolute atomic E-state index is 0.0747. The number of carbonyl (C=O) groups excluding carboxylic acids is 3. The number of rotatable bonds is 42. The van der Waals surface area contributed by atoms with Gasteiger partial charge in [0.05, 0.1) is 0 Å². The third-order valence-corrected chi connectivity index (χ3v) is 10.2. The summed E-state index contributed by atoms with van der Waals surface area (Å²) in [5.74, 6) is -0.890. The van der Waals surface area contributed by atoms with Gasteiger partial charge < -0.3 is 14.2 Å². The molecule has 0 rings (SSSR count). The molecule has 0 N–H and O–H groups in total. The second kappa shape index (κ2) is 43.6. The van der Waals surface area contributed by atoms with Gasteiger partial charge in [0.15, 0.2) is 6.10 Å². The minimum Gasteiger partial charge on any atom is -0.462 e. The van der Waals surface area contributed by atoms with E-state index in [0.29, 0.717) is 19.3 Å². The van der Waals surface area contributed by atoms with Crippen LogP contribution in [0.25, 0.3) is 0 Å². The Kier molecular flexibility index (Phi) is 41.9. The molecule has 0 heterocycles. The highest BCUT2D eigenvalue weighted by atomic mass is 16.6. The smallest absolute Gasteiger partial charge is 0.306 e. The van der Waals surface area contributed by atoms with Gasteiger partial charge in [0.25, 0.3) is 0 Å². The molecule has 316 valence electrons. The molecule has 6 nitrogen and oxygen atoms in total. The molecule has 0 radical (unpaired) electrons. The second-order valence-corrected chi connectivity index (χ2v) is 15.7. The standard InChI is InChI=1S/C48H88O6/c1-4-7-10-13-16-19-21-23-25-26-29-32-35-38-41-47(50)53-44-45(43-52-46(49)40-37-34-31-28-18-15-12-9-6-3)54-48(51)42-39-36-33-30-27-24-22-20-17-14-11-8-5-2/h20-23,45H,4-19,24-44H2,1-3H3/b22-20-,23-21-. The molecule has 0 saturated carbocycles. The Morgan fingerprint density at radius 1 is 0.352 bits per heavy atom. The maximum Gasteiger partial charge on any atom is 0.306 e. The molecule has 1 unspecified atom stereocenters. The van der Waals surface area contributed by atoms with Crippen molar-refractivity contribution in [2.24, 2.45) is 0 Å². The topological polar surface area (TPSA) is 78.9 Å². The second-order valence-electron chi connectivity index (χ2n) is 15.7. The molecule has 0 aliphatic carbocycles. The van der Waals surface area contributed by atoms with Gasteiger partial charge in [0, 0.05) is 19.3 Å². The van der Waals surface area contributed by atoms with Gasteiger partial charge in [-0.25, -0.2) is 0 Å². The van der Waals surface area contributed by atoms with Gasteiger partial charge in [-0.2, -0.15) is 0 Å². The maximum atomic E-state index is 12.7. The normalized spacial score (nSPS) is 12.1. The number of allylic oxidation sites excluding steroid dienone is 4. The van der Waals surface area contributed by atoms with Gasteiger partial charge in [0.1, 0.15) is 13.2 Å². The predicted octanol–water partition coefficient (Wildman–Crippen LogP) is 14.8. The maximum absolute atomic E-state index is 12.7. The van der Waals surface area contributed by atoms with E-state index in [1.807, 2.05) is 0 Å². The molecule has 0 spiro atoms. The molecule has 0 aromatic carbocycles. The van der Waals surface area contributed by atoms with Crippen LogP contribution in [0.15, 0.2) is 24.3 Å². The molecule has 1 atom stereocenters. The Bertz CT molecular complexity index is 880. The lowest BCUT2D eigenvalue weighted by Gasteiger charge is -2.18. The average molecular weight is 761 g/mol. The summed E-state index contributed by atoms with van der Waals surface area (Å²) in [6.45, 7) is 6.58. The third kappa shape index (κ3) is 41.1. The largest absolute Gasteiger partial charge is 0.462 e. The van der Waals surface area contributed by atoms with E-state index in [4.69, 9.17) is 14.2 Å². The van der Waals surface area contributed by atoms with Crippen LogP contribution >= 0.6 is 0 Å². The Labute approximate surface area is 334 Å². The van der Waals surface area contributed by atoms with Crippen molar-refractivity contribution in [2.45, 2.75) is 252 Å². The third-order valence-electron chi connectivity index (χ3n) is 10.2. The van der Waals surface area contributed by atoms with Crippen molar-refractivity contribution in [3.63, 3.8) is 0 Å². The van der Waals surface area contributed by atoms with Crippen LogP contribution in [0, 0.1) is 0 Å². The lowest BCUT2D eigenvalue weighted by atomic mass is 10.1. The Hall–Kier alpha value is -2.11. The highest BCUT2D eigenvalue weighted by Crippen LogP contribution is 2.14. The summed E-state index contributed by atoms with van der Waals surface area (Å²) in [6, 6.07) is 0. The van der Waals surface area contributed by atoms with Gasteiger partial charge in [-0.3, -0.25) is 14.4 Å². The average Bonchev–Trinajstić information content (AvgIpc) is 3.17. The summed E-state index contributed by atoms with van der Waals surface area (Å²) in [5.41, 5.74) is 0. The minimum atomic E-state index is -0.772. The summed E-state index contributed by atoms with van der Waals surface area (Å²) < 4.78 is 16.7. The Morgan fingerprint density at radius 3 is 0.944 bits per heavy atom. The van der Waals surface area contributed by atoms with Crippen molar-refractivity contribution in [3.05, 3.63) is 24.3 Å². The Morgan fingerprint density at radius 2 is 0.611 bits per heavy atom. The van der Waals surface area contributed by atoms with E-state index in [1.54, 1.807) is 0 Å². The van der Waals surface area contributed by atoms with Gasteiger partial charge in [-0.1, -0.05) is 180 Å². The first-order valence-corrected chi connectivity index (χ1v) is 23.3. The van der Waals surface area contributed by atoms with Gasteiger partial charge in [-0.15, -0.1) is 0 Å². The van der Waals surface area contributed by atoms with Crippen molar-refractivity contribution in [3.8, 4) is 0 Å². The molecule has 0 bridgehead atoms. The quantitative estimate of drug-likeness (QED) is 0.0267. The number of hydrogen-bond donors (Lipinski definition) is 0. The molecular formula is C48H88O6. The van der Waals surface area contributed by atoms with Crippen LogP contribution in [0.3, 0.4) is 0 Å². The molecule has 54 heavy (non-hydrogen) atoms. The molecule has 0 fully saturated rings. The fourth-order valence-electron chi connectivity index (χ4n) is 6.61. The van der Waals surface area contributed by atoms with Crippen LogP contribution in [0.2, 0.25) is 0 Å². The lowest BCUT2D eigenvalue weighted by Crippen LogP contribution is -2.30. The van der Waals surface area contributed by atoms with Crippen LogP contribution in [-0.4, -0.2) is 37.2 Å². The zero-order valence-electron chi connectivity index (χ0n) is 36.0. The molecule has 6 heteroatoms. The van der Waals surface area contributed by atoms with E-state index in [-0.39, 0.29) is 31.1 Å². The molecule has 0 aromatic rings. The summed E-state index contributed by atoms with van der Waals surface area (Å²) >= 11 is 0. The van der Waals surface area contributed by atoms with Crippen molar-refractivity contribution in [1.82, 2.24) is 0 Å². The van der Waals surface area contributed by atoms with Crippen molar-refractivity contribution in [1.29, 1.82) is 0 Å². The number of esters is 3. The highest BCUT2D eigenvalue weighted by molar-refractivity contribution is 5.71. The molecule has 0 aliphatic heterocycles. The monoisotopic (exact) mass is 761 g/mol. The summed E-state index contributed by atoms with van der Waals surface area (Å²) in [6.07, 6.45) is 47.3. The highest BCUT2D eigenvalue weighted by Gasteiger charge is 2.19. The van der Waals surface area contributed by atoms with Crippen molar-refractivity contribution < 1.29 is 28.6 Å². The fraction of sp³-hybridized carbons (Fsp3) is 0.854. The van der Waals surface area contributed by atoms with E-state index in [2.05, 4.69) is 45.1 Å². The molecule has 0 aromatic heterocycles. The van der Waals surface area contributed by atoms with E-state index in [0.717, 1.165) is 70.6 Å². The summed E-state index contributed by atoms with van der Waals surface area (Å²) in [4.78, 5) is 37.7. The zero-order valence-corrected chi connectivity index (χ0v) is 36.0. The first-order valence-electron chi connectivity index (χ1n) is 23.3. The first-order chi connectivity index (χ1) is 26.5. The van der Waals surface area contributed by atoms with Gasteiger partial charge in [-0.05, 0) is 70.6 Å². The van der Waals surface area contributed by atoms with Gasteiger partial charge >= 0.3 is 17.9 Å². The lowest BCUT2D eigenvalue weighted by molar-refractivity contribution is -0.167. The SMILES string of the molecule is CCCCCC/C=C\CCCCCCCC(=O)OC(COC(=O)CCCCCCC/C=C\CCCCCCC)COC(=O)CCCCCCCCCCC.